The number of likely N-dealkylation sites (tertiary alicyclic amines) is 1. The van der Waals surface area contributed by atoms with Crippen molar-refractivity contribution in [3.8, 4) is 22.4 Å². The number of carbonyl (C=O) groups is 4. The first kappa shape index (κ1) is 43.4. The average Bonchev–Trinajstić information content (AvgIpc) is 3.86. The Labute approximate surface area is 371 Å². The number of H-pyrrole nitrogens is 2. The van der Waals surface area contributed by atoms with Crippen molar-refractivity contribution in [2.24, 2.45) is 17.8 Å². The fourth-order valence-corrected chi connectivity index (χ4v) is 12.0. The quantitative estimate of drug-likeness (QED) is 0.0967. The molecule has 1 radical (unpaired) electrons. The molecule has 64 heavy (non-hydrogen) atoms. The Morgan fingerprint density at radius 2 is 1.53 bits per heavy atom. The van der Waals surface area contributed by atoms with Crippen LogP contribution in [-0.4, -0.2) is 112 Å². The summed E-state index contributed by atoms with van der Waals surface area (Å²) >= 11 is 0. The van der Waals surface area contributed by atoms with Gasteiger partial charge in [0.2, 0.25) is 11.8 Å². The van der Waals surface area contributed by atoms with Crippen molar-refractivity contribution in [2.75, 3.05) is 13.3 Å². The Hall–Kier alpha value is -5.84. The number of methoxy groups -OCH3 is 1. The lowest BCUT2D eigenvalue weighted by atomic mass is 9.93. The predicted octanol–water partition coefficient (Wildman–Crippen LogP) is 7.95. The van der Waals surface area contributed by atoms with E-state index in [0.29, 0.717) is 17.7 Å². The maximum absolute atomic E-state index is 15.4. The Bertz CT molecular complexity index is 2610. The van der Waals surface area contributed by atoms with Crippen molar-refractivity contribution in [3.63, 3.8) is 0 Å². The second kappa shape index (κ2) is 16.6. The molecule has 2 aromatic heterocycles. The highest BCUT2D eigenvalue weighted by molar-refractivity contribution is 6.58. The molecule has 2 aliphatic heterocycles. The Morgan fingerprint density at radius 1 is 0.859 bits per heavy atom. The number of ether oxygens (including phenoxy) is 2. The number of alkyl halides is 2. The van der Waals surface area contributed by atoms with Gasteiger partial charge in [-0.05, 0) is 78.3 Å². The molecule has 4 aliphatic rings. The third-order valence-electron chi connectivity index (χ3n) is 13.7. The Balaban J connectivity index is 0.929. The van der Waals surface area contributed by atoms with E-state index >= 15 is 8.78 Å². The van der Waals surface area contributed by atoms with E-state index in [1.54, 1.807) is 20.0 Å². The first-order valence-electron chi connectivity index (χ1n) is 22.2. The topological polar surface area (TPSA) is 175 Å². The number of rotatable bonds is 11. The zero-order valence-corrected chi connectivity index (χ0v) is 38.1. The number of carbonyl (C=O) groups excluding carboxylic acids is 4. The van der Waals surface area contributed by atoms with Crippen LogP contribution in [-0.2, 0) is 19.1 Å². The van der Waals surface area contributed by atoms with Crippen molar-refractivity contribution in [1.29, 1.82) is 0 Å². The fourth-order valence-electron chi connectivity index (χ4n) is 9.83. The van der Waals surface area contributed by atoms with Crippen molar-refractivity contribution in [3.05, 3.63) is 72.4 Å². The molecule has 8 atom stereocenters. The zero-order valence-electron chi connectivity index (χ0n) is 37.1. The highest BCUT2D eigenvalue weighted by Gasteiger charge is 2.62. The first-order valence-corrected chi connectivity index (χ1v) is 24.6. The molecule has 14 nitrogen and oxygen atoms in total. The van der Waals surface area contributed by atoms with Gasteiger partial charge < -0.3 is 39.9 Å². The Kier molecular flexibility index (Phi) is 11.3. The third-order valence-corrected chi connectivity index (χ3v) is 15.6. The molecule has 2 saturated heterocycles. The van der Waals surface area contributed by atoms with Crippen LogP contribution in [0.3, 0.4) is 0 Å². The summed E-state index contributed by atoms with van der Waals surface area (Å²) in [6.07, 6.45) is -0.956. The number of halogens is 2. The van der Waals surface area contributed by atoms with Crippen LogP contribution in [0.15, 0.2) is 60.8 Å². The number of aromatic amines is 2. The van der Waals surface area contributed by atoms with Crippen LogP contribution in [0.4, 0.5) is 18.4 Å². The van der Waals surface area contributed by atoms with Crippen molar-refractivity contribution < 1.29 is 37.4 Å². The minimum Gasteiger partial charge on any atom is -0.453 e. The van der Waals surface area contributed by atoms with Gasteiger partial charge in [-0.15, -0.1) is 0 Å². The number of hydrogen-bond acceptors (Lipinski definition) is 8. The summed E-state index contributed by atoms with van der Waals surface area (Å²) in [5.41, 5.74) is 4.62. The molecule has 4 amide bonds. The number of imidazole rings is 2. The van der Waals surface area contributed by atoms with Gasteiger partial charge in [-0.2, -0.15) is 0 Å². The summed E-state index contributed by atoms with van der Waals surface area (Å²) < 4.78 is 41.0. The van der Waals surface area contributed by atoms with Gasteiger partial charge in [0, 0.05) is 17.5 Å². The summed E-state index contributed by atoms with van der Waals surface area (Å²) in [6, 6.07) is 15.3. The fraction of sp³-hybridized carbons (Fsp3) is 0.489. The highest BCUT2D eigenvalue weighted by Crippen LogP contribution is 2.53. The van der Waals surface area contributed by atoms with Gasteiger partial charge in [-0.3, -0.25) is 9.59 Å². The molecule has 2 saturated carbocycles. The molecular weight excluding hydrogens is 839 g/mol. The van der Waals surface area contributed by atoms with Gasteiger partial charge >= 0.3 is 12.2 Å². The lowest BCUT2D eigenvalue weighted by molar-refractivity contribution is -0.143. The monoisotopic (exact) mass is 893 g/mol. The van der Waals surface area contributed by atoms with Crippen molar-refractivity contribution in [2.45, 2.75) is 115 Å². The summed E-state index contributed by atoms with van der Waals surface area (Å²) in [5, 5.41) is 7.42. The number of fused-ring (bicyclic) bond motifs is 5. The third kappa shape index (κ3) is 7.89. The zero-order chi connectivity index (χ0) is 45.4. The van der Waals surface area contributed by atoms with Gasteiger partial charge in [-0.1, -0.05) is 76.7 Å². The van der Waals surface area contributed by atoms with Gasteiger partial charge in [0.05, 0.1) is 57.0 Å². The lowest BCUT2D eigenvalue weighted by Gasteiger charge is -2.40. The second-order valence-electron chi connectivity index (χ2n) is 19.0. The minimum atomic E-state index is -1.83. The molecule has 9 rings (SSSR count). The van der Waals surface area contributed by atoms with E-state index in [4.69, 9.17) is 14.5 Å². The average molecular weight is 894 g/mol. The summed E-state index contributed by atoms with van der Waals surface area (Å²) in [6.45, 7) is 11.4. The number of nitrogens with zero attached hydrogens (tertiary/aromatic N) is 4. The van der Waals surface area contributed by atoms with E-state index in [1.165, 1.54) is 12.0 Å². The van der Waals surface area contributed by atoms with E-state index in [9.17, 15) is 19.2 Å². The maximum atomic E-state index is 15.4. The maximum Gasteiger partial charge on any atom is 0.408 e. The predicted molar refractivity (Wildman–Crippen MR) is 239 cm³/mol. The number of piperidine rings is 1. The second-order valence-corrected chi connectivity index (χ2v) is 21.7. The highest BCUT2D eigenvalue weighted by atomic mass is 28.3. The number of aromatic nitrogens is 4. The largest absolute Gasteiger partial charge is 0.453 e. The van der Waals surface area contributed by atoms with Crippen LogP contribution in [0.25, 0.3) is 44.2 Å². The molecule has 337 valence electrons. The molecule has 4 N–H and O–H groups in total. The molecule has 17 heteroatoms. The van der Waals surface area contributed by atoms with Crippen LogP contribution >= 0.6 is 0 Å². The van der Waals surface area contributed by atoms with Crippen LogP contribution < -0.4 is 10.6 Å². The van der Waals surface area contributed by atoms with Crippen molar-refractivity contribution >= 4 is 54.6 Å². The van der Waals surface area contributed by atoms with E-state index < -0.39 is 74.9 Å². The van der Waals surface area contributed by atoms with E-state index in [-0.39, 0.29) is 30.2 Å². The Morgan fingerprint density at radius 3 is 2.22 bits per heavy atom. The summed E-state index contributed by atoms with van der Waals surface area (Å²) in [4.78, 5) is 72.8. The van der Waals surface area contributed by atoms with Gasteiger partial charge in [0.1, 0.15) is 35.5 Å². The van der Waals surface area contributed by atoms with Crippen LogP contribution in [0.5, 0.6) is 0 Å². The SMILES string of the molecule is COC(=O)N[C@H](C(=O)N1C[Si](C)C[C@H]1c1nc2c(ccc3cc(-c4ccc(-c5cnc([C@@H]6[C@@H]7C[C@@H]([C@@H](F)C7F)N6C(=O)[C@@H](NC(=O)OC6(C)CC6)C(C)C)[nH]5)cc4)ccc32)[nH]1)C(C)C. The molecule has 4 fully saturated rings. The van der Waals surface area contributed by atoms with Crippen molar-refractivity contribution in [1.82, 2.24) is 40.4 Å². The van der Waals surface area contributed by atoms with Crippen LogP contribution in [0.1, 0.15) is 77.6 Å². The smallest absolute Gasteiger partial charge is 0.408 e. The molecule has 3 aromatic carbocycles. The number of alkyl carbamates (subject to hydrolysis) is 2. The molecule has 2 bridgehead atoms. The lowest BCUT2D eigenvalue weighted by Crippen LogP contribution is -2.57. The first-order chi connectivity index (χ1) is 30.5. The summed E-state index contributed by atoms with van der Waals surface area (Å²) in [5.74, 6) is -0.785. The van der Waals surface area contributed by atoms with Crippen LogP contribution in [0.2, 0.25) is 12.6 Å². The number of nitrogens with one attached hydrogen (secondary N) is 4. The molecule has 2 aliphatic carbocycles. The van der Waals surface area contributed by atoms with Gasteiger partial charge in [0.15, 0.2) is 6.17 Å². The van der Waals surface area contributed by atoms with Gasteiger partial charge in [-0.25, -0.2) is 28.3 Å². The summed E-state index contributed by atoms with van der Waals surface area (Å²) in [7, 11) is 0.430. The number of benzene rings is 3. The standard InChI is InChI=1S/C47H55F2N8O6Si/c1-23(2)37(54-45(60)62-6)43(58)56-22-64(7)21-34(56)41-51-31-15-13-28-18-27(12-14-29(28)39(31)53-41)25-8-10-26(11-9-25)32-20-50-42(52-32)40-30-19-33(36(49)35(30)48)57(40)44(59)38(24(3)4)55-46(61)63-47(5)16-17-47/h8-15,18,20,23-24,30,33-38,40H,16-17,19,21-22H2,1-7H3,(H,50,52)(H,51,53)(H,54,60)(H,55,61)/t30-,33+,34+,35?,36-,37+,38+,40+/m1/s1. The van der Waals surface area contributed by atoms with Crippen LogP contribution in [0, 0.1) is 17.8 Å². The van der Waals surface area contributed by atoms with Gasteiger partial charge in [0.25, 0.3) is 0 Å². The molecule has 4 heterocycles. The number of hydrogen-bond donors (Lipinski definition) is 4. The normalized spacial score (nSPS) is 24.7. The molecule has 0 spiro atoms. The van der Waals surface area contributed by atoms with E-state index in [1.807, 2.05) is 56.0 Å². The minimum absolute atomic E-state index is 0.132. The number of amides is 4. The van der Waals surface area contributed by atoms with E-state index in [0.717, 1.165) is 63.2 Å². The van der Waals surface area contributed by atoms with E-state index in [2.05, 4.69) is 56.4 Å². The molecule has 5 aromatic rings. The molecule has 1 unspecified atom stereocenters. The molecular formula is C47H55F2N8O6Si.